The van der Waals surface area contributed by atoms with E-state index in [0.717, 1.165) is 12.4 Å². The maximum atomic E-state index is 4.43. The smallest absolute Gasteiger partial charge is 0.133 e. The van der Waals surface area contributed by atoms with Crippen LogP contribution in [0.25, 0.3) is 6.08 Å². The summed E-state index contributed by atoms with van der Waals surface area (Å²) in [5.74, 6) is 1.01. The van der Waals surface area contributed by atoms with E-state index >= 15 is 0 Å². The van der Waals surface area contributed by atoms with Gasteiger partial charge in [-0.2, -0.15) is 0 Å². The van der Waals surface area contributed by atoms with E-state index < -0.39 is 0 Å². The fourth-order valence-corrected chi connectivity index (χ4v) is 2.22. The Morgan fingerprint density at radius 1 is 1.06 bits per heavy atom. The molecule has 0 spiro atoms. The van der Waals surface area contributed by atoms with Crippen molar-refractivity contribution in [1.29, 1.82) is 0 Å². The second-order valence-electron chi connectivity index (χ2n) is 4.32. The first-order valence-electron chi connectivity index (χ1n) is 5.79. The molecular weight excluding hydrogens is 208 g/mol. The van der Waals surface area contributed by atoms with Gasteiger partial charge in [0.05, 0.1) is 0 Å². The Kier molecular flexibility index (Phi) is 2.41. The van der Waals surface area contributed by atoms with Gasteiger partial charge in [0.2, 0.25) is 0 Å². The van der Waals surface area contributed by atoms with Crippen LogP contribution in [0.5, 0.6) is 0 Å². The summed E-state index contributed by atoms with van der Waals surface area (Å²) in [6.45, 7) is 3.07. The van der Waals surface area contributed by atoms with Crippen LogP contribution >= 0.6 is 0 Å². The van der Waals surface area contributed by atoms with Gasteiger partial charge >= 0.3 is 0 Å². The maximum absolute atomic E-state index is 4.43. The molecule has 0 saturated carbocycles. The molecule has 3 rings (SSSR count). The second kappa shape index (κ2) is 4.06. The van der Waals surface area contributed by atoms with Gasteiger partial charge in [0.25, 0.3) is 0 Å². The van der Waals surface area contributed by atoms with E-state index in [1.807, 2.05) is 18.3 Å². The normalized spacial score (nSPS) is 14.2. The number of hydrogen-bond donors (Lipinski definition) is 0. The van der Waals surface area contributed by atoms with Gasteiger partial charge in [0, 0.05) is 18.4 Å². The molecule has 1 aromatic heterocycles. The summed E-state index contributed by atoms with van der Waals surface area (Å²) in [6, 6.07) is 14.5. The van der Waals surface area contributed by atoms with E-state index in [0.29, 0.717) is 0 Å². The predicted octanol–water partition coefficient (Wildman–Crippen LogP) is 3.64. The minimum absolute atomic E-state index is 0.911. The van der Waals surface area contributed by atoms with Crippen molar-refractivity contribution in [1.82, 2.24) is 4.98 Å². The number of nitrogens with zero attached hydrogens (tertiary/aromatic N) is 2. The number of anilines is 2. The van der Waals surface area contributed by atoms with Crippen molar-refractivity contribution in [3.8, 4) is 0 Å². The van der Waals surface area contributed by atoms with Crippen molar-refractivity contribution >= 4 is 17.6 Å². The van der Waals surface area contributed by atoms with Crippen molar-refractivity contribution in [2.45, 2.75) is 6.92 Å². The summed E-state index contributed by atoms with van der Waals surface area (Å²) >= 11 is 0. The number of aromatic nitrogens is 1. The highest BCUT2D eigenvalue weighted by molar-refractivity contribution is 5.77. The van der Waals surface area contributed by atoms with E-state index in [1.165, 1.54) is 16.8 Å². The zero-order chi connectivity index (χ0) is 11.7. The summed E-state index contributed by atoms with van der Waals surface area (Å²) in [6.07, 6.45) is 4.08. The molecule has 2 heteroatoms. The second-order valence-corrected chi connectivity index (χ2v) is 4.32. The third-order valence-electron chi connectivity index (χ3n) is 2.96. The highest BCUT2D eigenvalue weighted by Crippen LogP contribution is 2.32. The standard InChI is InChI=1S/C15H14N2/c1-12-10-13-6-2-3-7-14(13)17(11-12)15-8-4-5-9-16-15/h2-10H,11H2,1H3. The summed E-state index contributed by atoms with van der Waals surface area (Å²) in [5.41, 5.74) is 3.85. The highest BCUT2D eigenvalue weighted by Gasteiger charge is 2.17. The first-order chi connectivity index (χ1) is 8.34. The van der Waals surface area contributed by atoms with Crippen molar-refractivity contribution in [2.24, 2.45) is 0 Å². The number of rotatable bonds is 1. The quantitative estimate of drug-likeness (QED) is 0.732. The van der Waals surface area contributed by atoms with Crippen LogP contribution in [0.3, 0.4) is 0 Å². The fourth-order valence-electron chi connectivity index (χ4n) is 2.22. The number of fused-ring (bicyclic) bond motifs is 1. The monoisotopic (exact) mass is 222 g/mol. The molecular formula is C15H14N2. The summed E-state index contributed by atoms with van der Waals surface area (Å²) in [4.78, 5) is 6.69. The molecule has 0 atom stereocenters. The van der Waals surface area contributed by atoms with Crippen LogP contribution in [-0.2, 0) is 0 Å². The summed E-state index contributed by atoms with van der Waals surface area (Å²) in [5, 5.41) is 0. The molecule has 0 N–H and O–H groups in total. The van der Waals surface area contributed by atoms with Crippen LogP contribution < -0.4 is 4.90 Å². The molecule has 2 heterocycles. The lowest BCUT2D eigenvalue weighted by Crippen LogP contribution is -2.23. The maximum Gasteiger partial charge on any atom is 0.133 e. The lowest BCUT2D eigenvalue weighted by Gasteiger charge is -2.29. The number of pyridine rings is 1. The van der Waals surface area contributed by atoms with E-state index in [2.05, 4.69) is 53.2 Å². The van der Waals surface area contributed by atoms with Crippen molar-refractivity contribution < 1.29 is 0 Å². The van der Waals surface area contributed by atoms with Gasteiger partial charge in [0.1, 0.15) is 5.82 Å². The molecule has 1 aliphatic rings. The number of para-hydroxylation sites is 1. The van der Waals surface area contributed by atoms with Crippen molar-refractivity contribution in [2.75, 3.05) is 11.4 Å². The predicted molar refractivity (Wildman–Crippen MR) is 71.3 cm³/mol. The molecule has 2 nitrogen and oxygen atoms in total. The highest BCUT2D eigenvalue weighted by atomic mass is 15.2. The third kappa shape index (κ3) is 1.82. The van der Waals surface area contributed by atoms with Crippen LogP contribution in [0.4, 0.5) is 11.5 Å². The van der Waals surface area contributed by atoms with Crippen LogP contribution in [0.1, 0.15) is 12.5 Å². The molecule has 0 bridgehead atoms. The Labute approximate surface area is 101 Å². The molecule has 0 saturated heterocycles. The van der Waals surface area contributed by atoms with E-state index in [-0.39, 0.29) is 0 Å². The van der Waals surface area contributed by atoms with Gasteiger partial charge in [-0.3, -0.25) is 0 Å². The number of hydrogen-bond acceptors (Lipinski definition) is 2. The summed E-state index contributed by atoms with van der Waals surface area (Å²) < 4.78 is 0. The molecule has 2 aromatic rings. The largest absolute Gasteiger partial charge is 0.322 e. The van der Waals surface area contributed by atoms with Gasteiger partial charge in [-0.15, -0.1) is 0 Å². The zero-order valence-electron chi connectivity index (χ0n) is 9.80. The molecule has 84 valence electrons. The molecule has 0 fully saturated rings. The van der Waals surface area contributed by atoms with Gasteiger partial charge in [-0.05, 0) is 30.7 Å². The van der Waals surface area contributed by atoms with Crippen LogP contribution in [0.15, 0.2) is 54.2 Å². The lowest BCUT2D eigenvalue weighted by molar-refractivity contribution is 0.992. The van der Waals surface area contributed by atoms with Gasteiger partial charge in [0.15, 0.2) is 0 Å². The first kappa shape index (κ1) is 10.1. The van der Waals surface area contributed by atoms with Crippen LogP contribution in [0, 0.1) is 0 Å². The Morgan fingerprint density at radius 2 is 1.88 bits per heavy atom. The van der Waals surface area contributed by atoms with E-state index in [1.54, 1.807) is 0 Å². The Hall–Kier alpha value is -2.09. The minimum atomic E-state index is 0.911. The lowest BCUT2D eigenvalue weighted by atomic mass is 10.0. The summed E-state index contributed by atoms with van der Waals surface area (Å²) in [7, 11) is 0. The fraction of sp³-hybridized carbons (Fsp3) is 0.133. The molecule has 17 heavy (non-hydrogen) atoms. The SMILES string of the molecule is CC1=Cc2ccccc2N(c2ccccn2)C1. The molecule has 1 aliphatic heterocycles. The Bertz CT molecular complexity index is 558. The topological polar surface area (TPSA) is 16.1 Å². The molecule has 0 aliphatic carbocycles. The molecule has 1 aromatic carbocycles. The van der Waals surface area contributed by atoms with Gasteiger partial charge in [-0.1, -0.05) is 35.9 Å². The van der Waals surface area contributed by atoms with Gasteiger partial charge in [-0.25, -0.2) is 4.98 Å². The average Bonchev–Trinajstić information content (AvgIpc) is 2.39. The molecule has 0 unspecified atom stereocenters. The Morgan fingerprint density at radius 3 is 2.71 bits per heavy atom. The van der Waals surface area contributed by atoms with Gasteiger partial charge < -0.3 is 4.90 Å². The minimum Gasteiger partial charge on any atom is -0.322 e. The number of benzene rings is 1. The third-order valence-corrected chi connectivity index (χ3v) is 2.96. The van der Waals surface area contributed by atoms with Crippen LogP contribution in [-0.4, -0.2) is 11.5 Å². The molecule has 0 radical (unpaired) electrons. The Balaban J connectivity index is 2.11. The molecule has 0 amide bonds. The zero-order valence-corrected chi connectivity index (χ0v) is 9.80. The first-order valence-corrected chi connectivity index (χ1v) is 5.79. The van der Waals surface area contributed by atoms with E-state index in [4.69, 9.17) is 0 Å². The van der Waals surface area contributed by atoms with E-state index in [9.17, 15) is 0 Å². The average molecular weight is 222 g/mol. The van der Waals surface area contributed by atoms with Crippen molar-refractivity contribution in [3.05, 3.63) is 59.8 Å². The van der Waals surface area contributed by atoms with Crippen LogP contribution in [0.2, 0.25) is 0 Å². The van der Waals surface area contributed by atoms with Crippen molar-refractivity contribution in [3.63, 3.8) is 0 Å².